The fourth-order valence-corrected chi connectivity index (χ4v) is 5.24. The van der Waals surface area contributed by atoms with Gasteiger partial charge in [0.15, 0.2) is 5.84 Å². The van der Waals surface area contributed by atoms with E-state index in [0.717, 1.165) is 16.8 Å². The van der Waals surface area contributed by atoms with Gasteiger partial charge in [0.25, 0.3) is 0 Å². The van der Waals surface area contributed by atoms with Crippen LogP contribution in [0.1, 0.15) is 31.2 Å². The van der Waals surface area contributed by atoms with E-state index in [0.29, 0.717) is 63.5 Å². The second-order valence-electron chi connectivity index (χ2n) is 9.11. The molecule has 0 bridgehead atoms. The molecule has 11 heteroatoms. The monoisotopic (exact) mass is 479 g/mol. The van der Waals surface area contributed by atoms with Crippen molar-refractivity contribution in [2.75, 3.05) is 38.7 Å². The molecule has 3 N–H and O–H groups in total. The van der Waals surface area contributed by atoms with E-state index in [2.05, 4.69) is 25.8 Å². The Morgan fingerprint density at radius 3 is 2.46 bits per heavy atom. The first-order chi connectivity index (χ1) is 17.0. The number of fused-ring (bicyclic) bond motifs is 1. The van der Waals surface area contributed by atoms with Crippen molar-refractivity contribution in [3.63, 3.8) is 0 Å². The summed E-state index contributed by atoms with van der Waals surface area (Å²) in [6, 6.07) is 7.20. The van der Waals surface area contributed by atoms with Gasteiger partial charge in [0, 0.05) is 37.3 Å². The van der Waals surface area contributed by atoms with E-state index in [1.807, 2.05) is 24.3 Å². The van der Waals surface area contributed by atoms with Gasteiger partial charge >= 0.3 is 12.0 Å². The van der Waals surface area contributed by atoms with Crippen LogP contribution in [0, 0.1) is 11.8 Å². The van der Waals surface area contributed by atoms with E-state index >= 15 is 0 Å². The average Bonchev–Trinajstić information content (AvgIpc) is 3.37. The number of morpholine rings is 1. The number of amides is 2. The SMILES string of the molecule is CNC(=O)Nc1ccc(C2=NC(C3CCC(C(=O)O)CC3)(N3CCOCC3)N=C3N=NC=C32)cc1. The molecule has 35 heavy (non-hydrogen) atoms. The van der Waals surface area contributed by atoms with Crippen molar-refractivity contribution in [2.24, 2.45) is 32.0 Å². The number of benzene rings is 1. The molecule has 1 unspecified atom stereocenters. The number of hydrogen-bond donors (Lipinski definition) is 3. The summed E-state index contributed by atoms with van der Waals surface area (Å²) in [6.07, 6.45) is 4.32. The normalized spacial score (nSPS) is 28.4. The van der Waals surface area contributed by atoms with Gasteiger partial charge in [-0.05, 0) is 37.8 Å². The van der Waals surface area contributed by atoms with Crippen molar-refractivity contribution in [1.82, 2.24) is 10.2 Å². The molecular weight excluding hydrogens is 450 g/mol. The molecule has 1 atom stereocenters. The van der Waals surface area contributed by atoms with Crippen LogP contribution in [0.2, 0.25) is 0 Å². The summed E-state index contributed by atoms with van der Waals surface area (Å²) in [7, 11) is 1.57. The van der Waals surface area contributed by atoms with Crippen LogP contribution in [-0.2, 0) is 9.53 Å². The number of rotatable bonds is 5. The molecule has 0 aromatic heterocycles. The molecular formula is C24H29N7O4. The molecule has 4 aliphatic rings. The van der Waals surface area contributed by atoms with E-state index in [4.69, 9.17) is 14.7 Å². The number of azo groups is 1. The van der Waals surface area contributed by atoms with Crippen LogP contribution >= 0.6 is 0 Å². The Bertz CT molecular complexity index is 1110. The van der Waals surface area contributed by atoms with Crippen LogP contribution in [0.25, 0.3) is 0 Å². The average molecular weight is 480 g/mol. The van der Waals surface area contributed by atoms with Crippen molar-refractivity contribution in [2.45, 2.75) is 31.5 Å². The number of nitrogens with one attached hydrogen (secondary N) is 2. The van der Waals surface area contributed by atoms with Crippen LogP contribution in [-0.4, -0.2) is 72.7 Å². The fraction of sp³-hybridized carbons (Fsp3) is 0.500. The number of carbonyl (C=O) groups excluding carboxylic acids is 1. The maximum atomic E-state index is 11.7. The number of aliphatic imine (C=N–C) groups is 2. The molecule has 1 aliphatic carbocycles. The summed E-state index contributed by atoms with van der Waals surface area (Å²) in [5.74, 6) is -1.35. The molecule has 1 saturated heterocycles. The van der Waals surface area contributed by atoms with Crippen LogP contribution in [0.3, 0.4) is 0 Å². The topological polar surface area (TPSA) is 140 Å². The van der Waals surface area contributed by atoms with Gasteiger partial charge in [-0.25, -0.2) is 14.8 Å². The lowest BCUT2D eigenvalue weighted by atomic mass is 9.77. The zero-order valence-electron chi connectivity index (χ0n) is 19.6. The highest BCUT2D eigenvalue weighted by Crippen LogP contribution is 2.44. The van der Waals surface area contributed by atoms with Gasteiger partial charge in [-0.15, -0.1) is 5.11 Å². The summed E-state index contributed by atoms with van der Waals surface area (Å²) < 4.78 is 5.61. The minimum atomic E-state index is -0.891. The van der Waals surface area contributed by atoms with Crippen molar-refractivity contribution in [1.29, 1.82) is 0 Å². The number of carboxylic acid groups (broad SMARTS) is 1. The zero-order chi connectivity index (χ0) is 24.4. The van der Waals surface area contributed by atoms with Crippen LogP contribution in [0.15, 0.2) is 56.3 Å². The van der Waals surface area contributed by atoms with Gasteiger partial charge in [0.2, 0.25) is 5.79 Å². The Kier molecular flexibility index (Phi) is 6.44. The number of carboxylic acids is 1. The minimum Gasteiger partial charge on any atom is -0.481 e. The number of amidine groups is 1. The quantitative estimate of drug-likeness (QED) is 0.596. The Balaban J connectivity index is 1.54. The van der Waals surface area contributed by atoms with Crippen LogP contribution < -0.4 is 10.6 Å². The third-order valence-corrected chi connectivity index (χ3v) is 7.13. The number of ether oxygens (including phenoxy) is 1. The largest absolute Gasteiger partial charge is 0.481 e. The Morgan fingerprint density at radius 2 is 1.80 bits per heavy atom. The second-order valence-corrected chi connectivity index (χ2v) is 9.11. The first-order valence-corrected chi connectivity index (χ1v) is 12.0. The maximum Gasteiger partial charge on any atom is 0.318 e. The molecule has 5 rings (SSSR count). The molecule has 2 amide bonds. The van der Waals surface area contributed by atoms with Crippen molar-refractivity contribution in [3.8, 4) is 0 Å². The molecule has 2 fully saturated rings. The van der Waals surface area contributed by atoms with Gasteiger partial charge in [0.05, 0.1) is 36.6 Å². The molecule has 3 aliphatic heterocycles. The van der Waals surface area contributed by atoms with E-state index < -0.39 is 11.8 Å². The smallest absolute Gasteiger partial charge is 0.318 e. The zero-order valence-corrected chi connectivity index (χ0v) is 19.6. The highest BCUT2D eigenvalue weighted by Gasteiger charge is 2.49. The molecule has 0 radical (unpaired) electrons. The lowest BCUT2D eigenvalue weighted by Gasteiger charge is -2.47. The van der Waals surface area contributed by atoms with E-state index in [-0.39, 0.29) is 17.9 Å². The summed E-state index contributed by atoms with van der Waals surface area (Å²) in [6.45, 7) is 2.53. The number of carbonyl (C=O) groups is 2. The molecule has 1 saturated carbocycles. The fourth-order valence-electron chi connectivity index (χ4n) is 5.24. The molecule has 1 aromatic carbocycles. The minimum absolute atomic E-state index is 0.0465. The van der Waals surface area contributed by atoms with E-state index in [1.165, 1.54) is 0 Å². The number of aliphatic carboxylic acids is 1. The molecule has 184 valence electrons. The highest BCUT2D eigenvalue weighted by molar-refractivity contribution is 6.31. The number of hydrogen-bond acceptors (Lipinski definition) is 8. The van der Waals surface area contributed by atoms with Crippen LogP contribution in [0.4, 0.5) is 10.5 Å². The first-order valence-electron chi connectivity index (χ1n) is 12.0. The first kappa shape index (κ1) is 23.3. The second kappa shape index (κ2) is 9.67. The predicted molar refractivity (Wildman–Crippen MR) is 130 cm³/mol. The van der Waals surface area contributed by atoms with Gasteiger partial charge in [-0.1, -0.05) is 12.1 Å². The number of nitrogens with zero attached hydrogens (tertiary/aromatic N) is 5. The van der Waals surface area contributed by atoms with Gasteiger partial charge in [0.1, 0.15) is 0 Å². The number of urea groups is 1. The lowest BCUT2D eigenvalue weighted by molar-refractivity contribution is -0.143. The standard InChI is InChI=1S/C24H29N7O4/c1-25-23(34)27-18-8-4-15(5-9-18)20-19-14-26-30-21(19)29-24(28-20,31-10-12-35-13-11-31)17-6-2-16(3-7-17)22(32)33/h4-5,8-9,14,16-17H,2-3,6-7,10-13H2,1H3,(H,32,33)(H2,25,27,34). The summed E-state index contributed by atoms with van der Waals surface area (Å²) in [5.41, 5.74) is 3.05. The summed E-state index contributed by atoms with van der Waals surface area (Å²) in [4.78, 5) is 35.9. The predicted octanol–water partition coefficient (Wildman–Crippen LogP) is 2.87. The van der Waals surface area contributed by atoms with Gasteiger partial charge in [-0.2, -0.15) is 5.11 Å². The maximum absolute atomic E-state index is 11.7. The van der Waals surface area contributed by atoms with Gasteiger partial charge in [-0.3, -0.25) is 9.69 Å². The van der Waals surface area contributed by atoms with Crippen molar-refractivity contribution in [3.05, 3.63) is 41.6 Å². The molecule has 0 spiro atoms. The third-order valence-electron chi connectivity index (χ3n) is 7.13. The Labute approximate surface area is 203 Å². The number of anilines is 1. The molecule has 1 aromatic rings. The Morgan fingerprint density at radius 1 is 1.09 bits per heavy atom. The van der Waals surface area contributed by atoms with E-state index in [9.17, 15) is 14.7 Å². The van der Waals surface area contributed by atoms with Crippen molar-refractivity contribution < 1.29 is 19.4 Å². The van der Waals surface area contributed by atoms with Gasteiger partial charge < -0.3 is 20.5 Å². The summed E-state index contributed by atoms with van der Waals surface area (Å²) in [5, 5.41) is 23.3. The highest BCUT2D eigenvalue weighted by atomic mass is 16.5. The molecule has 11 nitrogen and oxygen atoms in total. The van der Waals surface area contributed by atoms with Crippen molar-refractivity contribution >= 4 is 29.2 Å². The van der Waals surface area contributed by atoms with Crippen LogP contribution in [0.5, 0.6) is 0 Å². The third kappa shape index (κ3) is 4.48. The van der Waals surface area contributed by atoms with E-state index in [1.54, 1.807) is 13.2 Å². The Hall–Kier alpha value is -3.44. The lowest BCUT2D eigenvalue weighted by Crippen LogP contribution is -2.58. The molecule has 3 heterocycles. The summed E-state index contributed by atoms with van der Waals surface area (Å²) >= 11 is 0.